The number of likely N-dealkylation sites (N-methyl/N-ethyl adjacent to an activating group) is 1. The molecule has 0 aromatic heterocycles. The minimum absolute atomic E-state index is 0.167. The highest BCUT2D eigenvalue weighted by Gasteiger charge is 2.30. The normalized spacial score (nSPS) is 13.3. The lowest BCUT2D eigenvalue weighted by Crippen LogP contribution is -2.27. The van der Waals surface area contributed by atoms with Crippen LogP contribution in [-0.2, 0) is 12.6 Å². The molecule has 106 valence electrons. The van der Waals surface area contributed by atoms with Crippen LogP contribution in [0.1, 0.15) is 30.9 Å². The van der Waals surface area contributed by atoms with Gasteiger partial charge in [0.2, 0.25) is 0 Å². The van der Waals surface area contributed by atoms with Gasteiger partial charge in [-0.3, -0.25) is 0 Å². The number of benzene rings is 1. The van der Waals surface area contributed by atoms with E-state index in [0.717, 1.165) is 24.5 Å². The standard InChI is InChI=1S/C15H20F3N/c1-11(2)7-8-14(19-3)10-12-5-4-6-13(9-12)15(16,17)18/h4-6,9,14,19H,1,7-8,10H2,2-3H3. The Balaban J connectivity index is 2.72. The highest BCUT2D eigenvalue weighted by molar-refractivity contribution is 5.26. The van der Waals surface area contributed by atoms with Gasteiger partial charge < -0.3 is 5.32 Å². The van der Waals surface area contributed by atoms with Gasteiger partial charge in [0.05, 0.1) is 5.56 Å². The molecular weight excluding hydrogens is 251 g/mol. The first-order chi connectivity index (χ1) is 8.82. The zero-order valence-corrected chi connectivity index (χ0v) is 11.3. The van der Waals surface area contributed by atoms with Crippen LogP contribution >= 0.6 is 0 Å². The summed E-state index contributed by atoms with van der Waals surface area (Å²) in [6, 6.07) is 5.70. The number of hydrogen-bond acceptors (Lipinski definition) is 1. The summed E-state index contributed by atoms with van der Waals surface area (Å²) in [6.45, 7) is 5.79. The second-order valence-corrected chi connectivity index (χ2v) is 4.88. The Kier molecular flexibility index (Phi) is 5.60. The molecule has 0 heterocycles. The molecule has 0 bridgehead atoms. The van der Waals surface area contributed by atoms with Crippen molar-refractivity contribution in [3.05, 3.63) is 47.5 Å². The van der Waals surface area contributed by atoms with Crippen LogP contribution in [-0.4, -0.2) is 13.1 Å². The van der Waals surface area contributed by atoms with Crippen molar-refractivity contribution in [2.75, 3.05) is 7.05 Å². The summed E-state index contributed by atoms with van der Waals surface area (Å²) in [6.07, 6.45) is -1.93. The zero-order chi connectivity index (χ0) is 14.5. The van der Waals surface area contributed by atoms with Crippen molar-refractivity contribution in [3.8, 4) is 0 Å². The molecule has 0 fully saturated rings. The third-order valence-electron chi connectivity index (χ3n) is 3.06. The van der Waals surface area contributed by atoms with Gasteiger partial charge in [0.1, 0.15) is 0 Å². The Bertz CT molecular complexity index is 424. The van der Waals surface area contributed by atoms with Crippen molar-refractivity contribution in [2.24, 2.45) is 0 Å². The maximum absolute atomic E-state index is 12.6. The van der Waals surface area contributed by atoms with E-state index in [1.54, 1.807) is 6.07 Å². The van der Waals surface area contributed by atoms with E-state index in [2.05, 4.69) is 11.9 Å². The van der Waals surface area contributed by atoms with E-state index in [9.17, 15) is 13.2 Å². The molecule has 1 unspecified atom stereocenters. The van der Waals surface area contributed by atoms with E-state index in [-0.39, 0.29) is 6.04 Å². The third-order valence-corrected chi connectivity index (χ3v) is 3.06. The third kappa shape index (κ3) is 5.47. The Morgan fingerprint density at radius 2 is 2.05 bits per heavy atom. The largest absolute Gasteiger partial charge is 0.416 e. The Morgan fingerprint density at radius 3 is 2.58 bits per heavy atom. The summed E-state index contributed by atoms with van der Waals surface area (Å²) in [5.41, 5.74) is 1.21. The van der Waals surface area contributed by atoms with E-state index in [1.165, 1.54) is 12.1 Å². The maximum Gasteiger partial charge on any atom is 0.416 e. The van der Waals surface area contributed by atoms with Crippen LogP contribution in [0.3, 0.4) is 0 Å². The smallest absolute Gasteiger partial charge is 0.317 e. The van der Waals surface area contributed by atoms with Crippen LogP contribution in [0.5, 0.6) is 0 Å². The fourth-order valence-corrected chi connectivity index (χ4v) is 1.93. The van der Waals surface area contributed by atoms with Crippen molar-refractivity contribution < 1.29 is 13.2 Å². The Hall–Kier alpha value is -1.29. The molecule has 0 aliphatic heterocycles. The highest BCUT2D eigenvalue weighted by Crippen LogP contribution is 2.29. The van der Waals surface area contributed by atoms with Crippen molar-refractivity contribution >= 4 is 0 Å². The van der Waals surface area contributed by atoms with Crippen molar-refractivity contribution in [1.82, 2.24) is 5.32 Å². The molecule has 0 amide bonds. The number of allylic oxidation sites excluding steroid dienone is 1. The molecular formula is C15H20F3N. The van der Waals surface area contributed by atoms with E-state index >= 15 is 0 Å². The fourth-order valence-electron chi connectivity index (χ4n) is 1.93. The maximum atomic E-state index is 12.6. The van der Waals surface area contributed by atoms with E-state index in [0.29, 0.717) is 12.0 Å². The number of rotatable bonds is 6. The highest BCUT2D eigenvalue weighted by atomic mass is 19.4. The number of alkyl halides is 3. The SMILES string of the molecule is C=C(C)CCC(Cc1cccc(C(F)(F)F)c1)NC. The van der Waals surface area contributed by atoms with Crippen molar-refractivity contribution in [1.29, 1.82) is 0 Å². The minimum Gasteiger partial charge on any atom is -0.317 e. The molecule has 1 atom stereocenters. The molecule has 0 spiro atoms. The predicted molar refractivity (Wildman–Crippen MR) is 72.0 cm³/mol. The van der Waals surface area contributed by atoms with Gasteiger partial charge in [0.25, 0.3) is 0 Å². The van der Waals surface area contributed by atoms with Gasteiger partial charge in [0.15, 0.2) is 0 Å². The first-order valence-electron chi connectivity index (χ1n) is 6.30. The van der Waals surface area contributed by atoms with Crippen LogP contribution in [0.15, 0.2) is 36.4 Å². The van der Waals surface area contributed by atoms with Gasteiger partial charge in [-0.25, -0.2) is 0 Å². The minimum atomic E-state index is -4.27. The van der Waals surface area contributed by atoms with Gasteiger partial charge in [-0.1, -0.05) is 23.8 Å². The molecule has 1 N–H and O–H groups in total. The molecule has 1 nitrogen and oxygen atoms in total. The lowest BCUT2D eigenvalue weighted by Gasteiger charge is -2.17. The molecule has 4 heteroatoms. The predicted octanol–water partition coefficient (Wildman–Crippen LogP) is 4.19. The van der Waals surface area contributed by atoms with E-state index in [1.807, 2.05) is 14.0 Å². The molecule has 0 saturated carbocycles. The van der Waals surface area contributed by atoms with Crippen molar-refractivity contribution in [2.45, 2.75) is 38.4 Å². The first-order valence-corrected chi connectivity index (χ1v) is 6.30. The van der Waals surface area contributed by atoms with Crippen LogP contribution in [0.4, 0.5) is 13.2 Å². The number of halogens is 3. The van der Waals surface area contributed by atoms with Crippen LogP contribution < -0.4 is 5.32 Å². The van der Waals surface area contributed by atoms with Gasteiger partial charge in [-0.15, -0.1) is 6.58 Å². The monoisotopic (exact) mass is 271 g/mol. The molecule has 0 aliphatic rings. The van der Waals surface area contributed by atoms with Gasteiger partial charge >= 0.3 is 6.18 Å². The topological polar surface area (TPSA) is 12.0 Å². The second-order valence-electron chi connectivity index (χ2n) is 4.88. The van der Waals surface area contributed by atoms with Gasteiger partial charge in [-0.2, -0.15) is 13.2 Å². The van der Waals surface area contributed by atoms with Crippen molar-refractivity contribution in [3.63, 3.8) is 0 Å². The second kappa shape index (κ2) is 6.75. The summed E-state index contributed by atoms with van der Waals surface area (Å²) in [5, 5.41) is 3.14. The summed E-state index contributed by atoms with van der Waals surface area (Å²) >= 11 is 0. The zero-order valence-electron chi connectivity index (χ0n) is 11.3. The number of nitrogens with one attached hydrogen (secondary N) is 1. The molecule has 1 aromatic carbocycles. The van der Waals surface area contributed by atoms with E-state index in [4.69, 9.17) is 0 Å². The lowest BCUT2D eigenvalue weighted by molar-refractivity contribution is -0.137. The van der Waals surface area contributed by atoms with Gasteiger partial charge in [-0.05, 0) is 44.9 Å². The summed E-state index contributed by atoms with van der Waals surface area (Å²) in [4.78, 5) is 0. The average Bonchev–Trinajstić information content (AvgIpc) is 2.33. The van der Waals surface area contributed by atoms with Gasteiger partial charge in [0, 0.05) is 6.04 Å². The quantitative estimate of drug-likeness (QED) is 0.765. The molecule has 1 rings (SSSR count). The summed E-state index contributed by atoms with van der Waals surface area (Å²) in [7, 11) is 1.83. The molecule has 0 saturated heterocycles. The molecule has 19 heavy (non-hydrogen) atoms. The number of hydrogen-bond donors (Lipinski definition) is 1. The fraction of sp³-hybridized carbons (Fsp3) is 0.467. The van der Waals surface area contributed by atoms with Crippen LogP contribution in [0.25, 0.3) is 0 Å². The van der Waals surface area contributed by atoms with E-state index < -0.39 is 11.7 Å². The molecule has 1 aromatic rings. The van der Waals surface area contributed by atoms with Crippen LogP contribution in [0.2, 0.25) is 0 Å². The Labute approximate surface area is 112 Å². The molecule has 0 radical (unpaired) electrons. The molecule has 0 aliphatic carbocycles. The average molecular weight is 271 g/mol. The summed E-state index contributed by atoms with van der Waals surface area (Å²) in [5.74, 6) is 0. The Morgan fingerprint density at radius 1 is 1.37 bits per heavy atom. The first kappa shape index (κ1) is 15.8. The summed E-state index contributed by atoms with van der Waals surface area (Å²) < 4.78 is 37.8. The lowest BCUT2D eigenvalue weighted by atomic mass is 9.99. The van der Waals surface area contributed by atoms with Crippen LogP contribution in [0, 0.1) is 0 Å².